The lowest BCUT2D eigenvalue weighted by Crippen LogP contribution is -2.05. The van der Waals surface area contributed by atoms with E-state index in [-0.39, 0.29) is 5.78 Å². The van der Waals surface area contributed by atoms with Crippen molar-refractivity contribution >= 4 is 16.7 Å². The minimum Gasteiger partial charge on any atom is -0.289 e. The molecular weight excluding hydrogens is 294 g/mol. The molecule has 2 heteroatoms. The molecule has 3 aromatic carbocycles. The van der Waals surface area contributed by atoms with Crippen molar-refractivity contribution in [3.8, 4) is 11.1 Å². The molecule has 0 unspecified atom stereocenters. The Hall–Kier alpha value is -3.26. The van der Waals surface area contributed by atoms with Crippen molar-refractivity contribution in [3.05, 3.63) is 102 Å². The van der Waals surface area contributed by atoms with Crippen molar-refractivity contribution in [2.45, 2.75) is 0 Å². The maximum absolute atomic E-state index is 13.0. The van der Waals surface area contributed by atoms with Crippen LogP contribution in [0.3, 0.4) is 0 Å². The van der Waals surface area contributed by atoms with Gasteiger partial charge in [-0.25, -0.2) is 0 Å². The van der Waals surface area contributed by atoms with Crippen molar-refractivity contribution in [1.82, 2.24) is 4.98 Å². The minimum atomic E-state index is -0.00675. The van der Waals surface area contributed by atoms with E-state index in [0.717, 1.165) is 22.0 Å². The molecule has 4 aromatic rings. The lowest BCUT2D eigenvalue weighted by atomic mass is 9.92. The molecule has 114 valence electrons. The predicted molar refractivity (Wildman–Crippen MR) is 97.1 cm³/mol. The van der Waals surface area contributed by atoms with Gasteiger partial charge in [-0.1, -0.05) is 78.9 Å². The molecule has 0 bridgehead atoms. The molecule has 0 saturated heterocycles. The van der Waals surface area contributed by atoms with Gasteiger partial charge in [0, 0.05) is 28.3 Å². The quantitative estimate of drug-likeness (QED) is 0.491. The Balaban J connectivity index is 2.01. The van der Waals surface area contributed by atoms with Crippen LogP contribution in [0.2, 0.25) is 0 Å². The maximum Gasteiger partial charge on any atom is 0.195 e. The SMILES string of the molecule is O=C(c1ccccc1)c1cnc2ccccc2c1-c1ccccc1. The van der Waals surface area contributed by atoms with E-state index in [0.29, 0.717) is 11.1 Å². The first-order chi connectivity index (χ1) is 11.8. The van der Waals surface area contributed by atoms with Crippen molar-refractivity contribution in [3.63, 3.8) is 0 Å². The fourth-order valence-electron chi connectivity index (χ4n) is 2.97. The first-order valence-corrected chi connectivity index (χ1v) is 7.87. The first-order valence-electron chi connectivity index (χ1n) is 7.87. The van der Waals surface area contributed by atoms with Crippen molar-refractivity contribution in [1.29, 1.82) is 0 Å². The zero-order valence-electron chi connectivity index (χ0n) is 13.0. The van der Waals surface area contributed by atoms with E-state index >= 15 is 0 Å². The van der Waals surface area contributed by atoms with Gasteiger partial charge in [0.15, 0.2) is 5.78 Å². The summed E-state index contributed by atoms with van der Waals surface area (Å²) < 4.78 is 0. The predicted octanol–water partition coefficient (Wildman–Crippen LogP) is 5.13. The molecular formula is C22H15NO. The van der Waals surface area contributed by atoms with Gasteiger partial charge < -0.3 is 0 Å². The van der Waals surface area contributed by atoms with Crippen LogP contribution in [0.5, 0.6) is 0 Å². The third-order valence-corrected chi connectivity index (χ3v) is 4.12. The summed E-state index contributed by atoms with van der Waals surface area (Å²) in [6.07, 6.45) is 1.69. The van der Waals surface area contributed by atoms with Crippen LogP contribution in [0.25, 0.3) is 22.0 Å². The normalized spacial score (nSPS) is 10.7. The fraction of sp³-hybridized carbons (Fsp3) is 0. The Bertz CT molecular complexity index is 1010. The highest BCUT2D eigenvalue weighted by Crippen LogP contribution is 2.32. The molecule has 0 atom stereocenters. The van der Waals surface area contributed by atoms with E-state index in [1.165, 1.54) is 0 Å². The zero-order valence-corrected chi connectivity index (χ0v) is 13.0. The van der Waals surface area contributed by atoms with E-state index in [1.807, 2.05) is 84.9 Å². The summed E-state index contributed by atoms with van der Waals surface area (Å²) >= 11 is 0. The molecule has 0 saturated carbocycles. The number of hydrogen-bond donors (Lipinski definition) is 0. The molecule has 4 rings (SSSR count). The monoisotopic (exact) mass is 309 g/mol. The Morgan fingerprint density at radius 1 is 0.708 bits per heavy atom. The summed E-state index contributed by atoms with van der Waals surface area (Å²) in [6, 6.07) is 27.3. The average molecular weight is 309 g/mol. The Morgan fingerprint density at radius 2 is 1.33 bits per heavy atom. The second-order valence-electron chi connectivity index (χ2n) is 5.63. The number of fused-ring (bicyclic) bond motifs is 1. The van der Waals surface area contributed by atoms with Crippen molar-refractivity contribution in [2.24, 2.45) is 0 Å². The second-order valence-corrected chi connectivity index (χ2v) is 5.63. The number of carbonyl (C=O) groups is 1. The van der Waals surface area contributed by atoms with Crippen LogP contribution in [-0.4, -0.2) is 10.8 Å². The smallest absolute Gasteiger partial charge is 0.195 e. The standard InChI is InChI=1S/C22H15NO/c24-22(17-11-5-2-6-12-17)19-15-23-20-14-8-7-13-18(20)21(19)16-9-3-1-4-10-16/h1-15H. The molecule has 0 aliphatic heterocycles. The number of benzene rings is 3. The maximum atomic E-state index is 13.0. The van der Waals surface area contributed by atoms with Gasteiger partial charge in [0.05, 0.1) is 5.52 Å². The first kappa shape index (κ1) is 14.3. The fourth-order valence-corrected chi connectivity index (χ4v) is 2.97. The number of carbonyl (C=O) groups excluding carboxylic acids is 1. The third-order valence-electron chi connectivity index (χ3n) is 4.12. The highest BCUT2D eigenvalue weighted by atomic mass is 16.1. The lowest BCUT2D eigenvalue weighted by molar-refractivity contribution is 0.103. The van der Waals surface area contributed by atoms with Gasteiger partial charge in [-0.05, 0) is 11.6 Å². The summed E-state index contributed by atoms with van der Waals surface area (Å²) in [5.74, 6) is -0.00675. The van der Waals surface area contributed by atoms with Crippen LogP contribution in [0.15, 0.2) is 91.1 Å². The topological polar surface area (TPSA) is 30.0 Å². The Labute approximate surface area is 140 Å². The second kappa shape index (κ2) is 6.09. The van der Waals surface area contributed by atoms with Gasteiger partial charge in [-0.15, -0.1) is 0 Å². The number of para-hydroxylation sites is 1. The van der Waals surface area contributed by atoms with Crippen LogP contribution in [-0.2, 0) is 0 Å². The van der Waals surface area contributed by atoms with E-state index in [4.69, 9.17) is 0 Å². The van der Waals surface area contributed by atoms with E-state index in [1.54, 1.807) is 6.20 Å². The van der Waals surface area contributed by atoms with Crippen LogP contribution in [0.4, 0.5) is 0 Å². The third kappa shape index (κ3) is 2.48. The molecule has 0 spiro atoms. The van der Waals surface area contributed by atoms with Gasteiger partial charge in [0.25, 0.3) is 0 Å². The molecule has 0 radical (unpaired) electrons. The van der Waals surface area contributed by atoms with E-state index in [2.05, 4.69) is 4.98 Å². The van der Waals surface area contributed by atoms with E-state index < -0.39 is 0 Å². The number of ketones is 1. The number of pyridine rings is 1. The summed E-state index contributed by atoms with van der Waals surface area (Å²) in [5.41, 5.74) is 4.16. The van der Waals surface area contributed by atoms with Gasteiger partial charge in [-0.2, -0.15) is 0 Å². The molecule has 0 fully saturated rings. The van der Waals surface area contributed by atoms with Gasteiger partial charge in [0.2, 0.25) is 0 Å². The van der Waals surface area contributed by atoms with E-state index in [9.17, 15) is 4.79 Å². The number of rotatable bonds is 3. The molecule has 0 aliphatic carbocycles. The molecule has 24 heavy (non-hydrogen) atoms. The highest BCUT2D eigenvalue weighted by molar-refractivity contribution is 6.16. The summed E-state index contributed by atoms with van der Waals surface area (Å²) in [6.45, 7) is 0. The average Bonchev–Trinajstić information content (AvgIpc) is 2.68. The summed E-state index contributed by atoms with van der Waals surface area (Å²) in [5, 5.41) is 0.991. The van der Waals surface area contributed by atoms with Crippen LogP contribution in [0, 0.1) is 0 Å². The largest absolute Gasteiger partial charge is 0.289 e. The number of aromatic nitrogens is 1. The van der Waals surface area contributed by atoms with Gasteiger partial charge >= 0.3 is 0 Å². The molecule has 1 aromatic heterocycles. The van der Waals surface area contributed by atoms with Crippen LogP contribution in [0.1, 0.15) is 15.9 Å². The van der Waals surface area contributed by atoms with Crippen LogP contribution >= 0.6 is 0 Å². The molecule has 2 nitrogen and oxygen atoms in total. The molecule has 1 heterocycles. The Morgan fingerprint density at radius 3 is 2.08 bits per heavy atom. The van der Waals surface area contributed by atoms with Gasteiger partial charge in [0.1, 0.15) is 0 Å². The zero-order chi connectivity index (χ0) is 16.4. The number of nitrogens with zero attached hydrogens (tertiary/aromatic N) is 1. The summed E-state index contributed by atoms with van der Waals surface area (Å²) in [4.78, 5) is 17.5. The minimum absolute atomic E-state index is 0.00675. The van der Waals surface area contributed by atoms with Crippen molar-refractivity contribution in [2.75, 3.05) is 0 Å². The molecule has 0 amide bonds. The lowest BCUT2D eigenvalue weighted by Gasteiger charge is -2.12. The Kier molecular flexibility index (Phi) is 3.64. The molecule has 0 aliphatic rings. The van der Waals surface area contributed by atoms with Crippen LogP contribution < -0.4 is 0 Å². The van der Waals surface area contributed by atoms with Crippen molar-refractivity contribution < 1.29 is 4.79 Å². The van der Waals surface area contributed by atoms with Gasteiger partial charge in [-0.3, -0.25) is 9.78 Å². The summed E-state index contributed by atoms with van der Waals surface area (Å²) in [7, 11) is 0. The molecule has 0 N–H and O–H groups in total. The number of hydrogen-bond acceptors (Lipinski definition) is 2. The highest BCUT2D eigenvalue weighted by Gasteiger charge is 2.17.